The van der Waals surface area contributed by atoms with E-state index in [1.807, 2.05) is 171 Å². The molecule has 10 nitrogen and oxygen atoms in total. The van der Waals surface area contributed by atoms with Gasteiger partial charge < -0.3 is 47.4 Å². The number of benzene rings is 7. The van der Waals surface area contributed by atoms with Gasteiger partial charge in [-0.25, -0.2) is 0 Å². The number of hydrogen-bond acceptors (Lipinski definition) is 10. The molecule has 0 radical (unpaired) electrons. The lowest BCUT2D eigenvalue weighted by atomic mass is 9.93. The maximum Gasteiger partial charge on any atom is 0.187 e. The van der Waals surface area contributed by atoms with Crippen molar-refractivity contribution in [3.05, 3.63) is 251 Å². The number of rotatable bonds is 25. The van der Waals surface area contributed by atoms with Crippen molar-refractivity contribution in [1.82, 2.24) is 0 Å². The summed E-state index contributed by atoms with van der Waals surface area (Å²) in [5.74, 6) is 0. The molecule has 0 spiro atoms. The summed E-state index contributed by atoms with van der Waals surface area (Å²) in [6, 6.07) is 70.8. The molecule has 2 aliphatic rings. The molecule has 72 heavy (non-hydrogen) atoms. The van der Waals surface area contributed by atoms with E-state index >= 15 is 0 Å². The zero-order valence-corrected chi connectivity index (χ0v) is 40.9. The Balaban J connectivity index is 1.10. The van der Waals surface area contributed by atoms with Crippen LogP contribution in [0.4, 0.5) is 0 Å². The summed E-state index contributed by atoms with van der Waals surface area (Å²) in [6.45, 7) is 4.62. The molecule has 0 N–H and O–H groups in total. The third-order valence-electron chi connectivity index (χ3n) is 13.0. The van der Waals surface area contributed by atoms with E-state index in [1.54, 1.807) is 0 Å². The van der Waals surface area contributed by atoms with Crippen molar-refractivity contribution in [2.24, 2.45) is 0 Å². The molecule has 0 amide bonds. The van der Waals surface area contributed by atoms with Crippen molar-refractivity contribution < 1.29 is 47.4 Å². The van der Waals surface area contributed by atoms with Gasteiger partial charge in [-0.2, -0.15) is 0 Å². The molecule has 7 aromatic rings. The van der Waals surface area contributed by atoms with Gasteiger partial charge in [-0.3, -0.25) is 0 Å². The summed E-state index contributed by atoms with van der Waals surface area (Å²) in [7, 11) is 0. The maximum absolute atomic E-state index is 7.52. The summed E-state index contributed by atoms with van der Waals surface area (Å²) in [5, 5.41) is 0. The van der Waals surface area contributed by atoms with E-state index in [0.717, 1.165) is 38.9 Å². The van der Waals surface area contributed by atoms with Crippen molar-refractivity contribution in [1.29, 1.82) is 0 Å². The topological polar surface area (TPSA) is 92.3 Å². The summed E-state index contributed by atoms with van der Waals surface area (Å²) in [6.07, 6.45) is -6.98. The average molecular weight is 971 g/mol. The SMILES string of the molecule is CC1O[C@H](COCc2ccccc2)[C@@H](O[C@H]2O[C@H](COCc3ccccc3)[C@@H](OCc3ccccc3)[C@H](OCc3ccccc3)[C@H]2OCc2ccccc2)[C@H](OCc2ccccc2)[C@H]1OCc1ccccc1. The second-order valence-corrected chi connectivity index (χ2v) is 18.3. The van der Waals surface area contributed by atoms with Crippen LogP contribution in [0.2, 0.25) is 0 Å². The second-order valence-electron chi connectivity index (χ2n) is 18.3. The molecule has 1 unspecified atom stereocenters. The van der Waals surface area contributed by atoms with Crippen LogP contribution in [0.15, 0.2) is 212 Å². The number of ether oxygens (including phenoxy) is 10. The molecule has 0 aliphatic carbocycles. The van der Waals surface area contributed by atoms with Crippen LogP contribution in [-0.4, -0.2) is 74.4 Å². The summed E-state index contributed by atoms with van der Waals surface area (Å²) >= 11 is 0. The highest BCUT2D eigenvalue weighted by Crippen LogP contribution is 2.37. The zero-order chi connectivity index (χ0) is 49.0. The van der Waals surface area contributed by atoms with E-state index in [9.17, 15) is 0 Å². The minimum Gasteiger partial charge on any atom is -0.374 e. The minimum absolute atomic E-state index is 0.170. The molecule has 2 fully saturated rings. The van der Waals surface area contributed by atoms with E-state index in [-0.39, 0.29) is 26.4 Å². The van der Waals surface area contributed by atoms with Crippen LogP contribution < -0.4 is 0 Å². The van der Waals surface area contributed by atoms with Crippen molar-refractivity contribution in [2.75, 3.05) is 13.2 Å². The summed E-state index contributed by atoms with van der Waals surface area (Å²) in [4.78, 5) is 0. The Morgan fingerprint density at radius 1 is 0.292 bits per heavy atom. The second kappa shape index (κ2) is 27.3. The fraction of sp³-hybridized carbons (Fsp3) is 0.323. The highest BCUT2D eigenvalue weighted by molar-refractivity contribution is 5.19. The van der Waals surface area contributed by atoms with Crippen LogP contribution in [0.1, 0.15) is 45.9 Å². The lowest BCUT2D eigenvalue weighted by Gasteiger charge is -2.50. The van der Waals surface area contributed by atoms with E-state index in [4.69, 9.17) is 47.4 Å². The van der Waals surface area contributed by atoms with Gasteiger partial charge in [0.1, 0.15) is 48.8 Å². The molecule has 7 aromatic carbocycles. The first kappa shape index (κ1) is 51.1. The Morgan fingerprint density at radius 3 is 0.931 bits per heavy atom. The van der Waals surface area contributed by atoms with Crippen LogP contribution in [-0.2, 0) is 93.6 Å². The van der Waals surface area contributed by atoms with Crippen LogP contribution in [0.5, 0.6) is 0 Å². The van der Waals surface area contributed by atoms with Crippen LogP contribution in [0, 0.1) is 0 Å². The maximum atomic E-state index is 7.52. The summed E-state index contributed by atoms with van der Waals surface area (Å²) < 4.78 is 69.9. The molecule has 10 atom stereocenters. The summed E-state index contributed by atoms with van der Waals surface area (Å²) in [5.41, 5.74) is 7.11. The van der Waals surface area contributed by atoms with Gasteiger partial charge in [0.25, 0.3) is 0 Å². The predicted octanol–water partition coefficient (Wildman–Crippen LogP) is 11.2. The van der Waals surface area contributed by atoms with Crippen molar-refractivity contribution >= 4 is 0 Å². The number of hydrogen-bond donors (Lipinski definition) is 0. The molecule has 2 saturated heterocycles. The van der Waals surface area contributed by atoms with Gasteiger partial charge in [0, 0.05) is 0 Å². The van der Waals surface area contributed by atoms with Gasteiger partial charge in [0.05, 0.1) is 65.6 Å². The van der Waals surface area contributed by atoms with Gasteiger partial charge >= 0.3 is 0 Å². The van der Waals surface area contributed by atoms with Gasteiger partial charge in [-0.05, 0) is 45.9 Å². The Bertz CT molecular complexity index is 2540. The standard InChI is InChI=1S/C62H66O10/c1-46-56(65-39-49-27-13-4-14-28-49)59(67-41-51-31-17-6-18-32-51)58(55(70-46)45-64-38-48-25-11-3-12-26-48)72-62-61(69-43-53-35-21-8-22-36-53)60(68-42-52-33-19-7-20-34-52)57(66-40-50-29-15-5-16-30-50)54(71-62)44-63-37-47-23-9-2-10-24-47/h2-36,46,54-62H,37-45H2,1H3/t46?,54-,55-,56+,57-,58-,59-,60+,61-,62-/m1/s1. The van der Waals surface area contributed by atoms with E-state index in [0.29, 0.717) is 33.0 Å². The van der Waals surface area contributed by atoms with Crippen LogP contribution >= 0.6 is 0 Å². The van der Waals surface area contributed by atoms with Gasteiger partial charge in [-0.15, -0.1) is 0 Å². The zero-order valence-electron chi connectivity index (χ0n) is 40.9. The van der Waals surface area contributed by atoms with Crippen LogP contribution in [0.3, 0.4) is 0 Å². The van der Waals surface area contributed by atoms with E-state index in [1.165, 1.54) is 0 Å². The van der Waals surface area contributed by atoms with Gasteiger partial charge in [0.15, 0.2) is 6.29 Å². The molecular weight excluding hydrogens is 905 g/mol. The van der Waals surface area contributed by atoms with E-state index in [2.05, 4.69) is 48.5 Å². The molecule has 0 saturated carbocycles. The Hall–Kier alpha value is -5.86. The minimum atomic E-state index is -1.05. The fourth-order valence-electron chi connectivity index (χ4n) is 9.23. The van der Waals surface area contributed by atoms with E-state index < -0.39 is 61.2 Å². The molecule has 2 heterocycles. The first-order valence-corrected chi connectivity index (χ1v) is 25.1. The first-order chi connectivity index (χ1) is 35.6. The third-order valence-corrected chi connectivity index (χ3v) is 13.0. The normalized spacial score (nSPS) is 24.2. The molecule has 0 aromatic heterocycles. The first-order valence-electron chi connectivity index (χ1n) is 25.1. The van der Waals surface area contributed by atoms with Gasteiger partial charge in [0.2, 0.25) is 0 Å². The molecule has 2 aliphatic heterocycles. The Labute approximate surface area is 424 Å². The molecular formula is C62H66O10. The molecule has 374 valence electrons. The monoisotopic (exact) mass is 970 g/mol. The van der Waals surface area contributed by atoms with Crippen molar-refractivity contribution in [3.8, 4) is 0 Å². The van der Waals surface area contributed by atoms with Crippen LogP contribution in [0.25, 0.3) is 0 Å². The van der Waals surface area contributed by atoms with Crippen molar-refractivity contribution in [2.45, 2.75) is 114 Å². The molecule has 9 rings (SSSR count). The van der Waals surface area contributed by atoms with Crippen molar-refractivity contribution in [3.63, 3.8) is 0 Å². The molecule has 0 bridgehead atoms. The Morgan fingerprint density at radius 2 is 0.569 bits per heavy atom. The molecule has 10 heteroatoms. The highest BCUT2D eigenvalue weighted by atomic mass is 16.7. The highest BCUT2D eigenvalue weighted by Gasteiger charge is 2.54. The van der Waals surface area contributed by atoms with Gasteiger partial charge in [-0.1, -0.05) is 212 Å². The fourth-order valence-corrected chi connectivity index (χ4v) is 9.23. The quantitative estimate of drug-likeness (QED) is 0.0551. The predicted molar refractivity (Wildman–Crippen MR) is 275 cm³/mol. The largest absolute Gasteiger partial charge is 0.374 e. The lowest BCUT2D eigenvalue weighted by molar-refractivity contribution is -0.362. The Kier molecular flexibility index (Phi) is 19.3. The smallest absolute Gasteiger partial charge is 0.187 e. The average Bonchev–Trinajstić information content (AvgIpc) is 3.43. The third kappa shape index (κ3) is 14.9. The lowest BCUT2D eigenvalue weighted by Crippen LogP contribution is -2.66.